The van der Waals surface area contributed by atoms with E-state index in [4.69, 9.17) is 5.73 Å². The molecule has 0 aliphatic carbocycles. The van der Waals surface area contributed by atoms with E-state index in [0.717, 1.165) is 4.31 Å². The van der Waals surface area contributed by atoms with Gasteiger partial charge in [0, 0.05) is 18.8 Å². The van der Waals surface area contributed by atoms with Gasteiger partial charge in [0.25, 0.3) is 0 Å². The number of sulfone groups is 1. The fourth-order valence-electron chi connectivity index (χ4n) is 2.11. The Morgan fingerprint density at radius 2 is 1.67 bits per heavy atom. The average Bonchev–Trinajstić information content (AvgIpc) is 2.48. The van der Waals surface area contributed by atoms with Crippen LogP contribution in [0.15, 0.2) is 17.0 Å². The maximum Gasteiger partial charge on any atom is 0.248 e. The molecule has 0 aromatic heterocycles. The normalized spacial score (nSPS) is 20.1. The van der Waals surface area contributed by atoms with Gasteiger partial charge in [-0.05, 0) is 18.6 Å². The summed E-state index contributed by atoms with van der Waals surface area (Å²) in [7, 11) is -7.79. The van der Waals surface area contributed by atoms with E-state index in [1.54, 1.807) is 0 Å². The molecule has 118 valence electrons. The fourth-order valence-corrected chi connectivity index (χ4v) is 5.07. The number of hydrogen-bond acceptors (Lipinski definition) is 5. The first-order valence-corrected chi connectivity index (χ1v) is 9.35. The van der Waals surface area contributed by atoms with Gasteiger partial charge in [-0.1, -0.05) is 0 Å². The second kappa shape index (κ2) is 5.50. The quantitative estimate of drug-likeness (QED) is 0.784. The summed E-state index contributed by atoms with van der Waals surface area (Å²) in [5.41, 5.74) is 5.01. The molecule has 0 bridgehead atoms. The average molecular weight is 340 g/mol. The molecule has 0 spiro atoms. The number of nitrogens with two attached hydrogens (primary N) is 1. The number of anilines is 1. The zero-order valence-electron chi connectivity index (χ0n) is 10.9. The SMILES string of the molecule is Nc1cc(F)c(S(=O)(=O)N2CCCS(=O)(=O)CC2)c(F)c1. The van der Waals surface area contributed by atoms with E-state index in [1.807, 2.05) is 0 Å². The number of sulfonamides is 1. The summed E-state index contributed by atoms with van der Waals surface area (Å²) in [4.78, 5) is -1.10. The van der Waals surface area contributed by atoms with Gasteiger partial charge >= 0.3 is 0 Å². The zero-order chi connectivity index (χ0) is 15.8. The number of rotatable bonds is 2. The summed E-state index contributed by atoms with van der Waals surface area (Å²) in [5.74, 6) is -3.10. The third-order valence-corrected chi connectivity index (χ3v) is 6.80. The van der Waals surface area contributed by atoms with Crippen LogP contribution in [0.1, 0.15) is 6.42 Å². The number of nitrogens with zero attached hydrogens (tertiary/aromatic N) is 1. The lowest BCUT2D eigenvalue weighted by Crippen LogP contribution is -2.34. The van der Waals surface area contributed by atoms with Crippen molar-refractivity contribution in [3.05, 3.63) is 23.8 Å². The van der Waals surface area contributed by atoms with Crippen molar-refractivity contribution in [2.24, 2.45) is 0 Å². The van der Waals surface area contributed by atoms with E-state index < -0.39 is 36.4 Å². The second-order valence-electron chi connectivity index (χ2n) is 4.72. The largest absolute Gasteiger partial charge is 0.399 e. The first-order chi connectivity index (χ1) is 9.63. The number of benzene rings is 1. The smallest absolute Gasteiger partial charge is 0.248 e. The maximum absolute atomic E-state index is 13.8. The Bertz CT molecular complexity index is 739. The van der Waals surface area contributed by atoms with Crippen LogP contribution in [0.4, 0.5) is 14.5 Å². The molecule has 0 saturated carbocycles. The number of nitrogen functional groups attached to an aromatic ring is 1. The highest BCUT2D eigenvalue weighted by atomic mass is 32.2. The third-order valence-electron chi connectivity index (χ3n) is 3.13. The lowest BCUT2D eigenvalue weighted by molar-refractivity contribution is 0.422. The molecule has 2 rings (SSSR count). The van der Waals surface area contributed by atoms with Crippen LogP contribution in [0.25, 0.3) is 0 Å². The molecule has 1 heterocycles. The molecule has 1 fully saturated rings. The molecule has 0 atom stereocenters. The van der Waals surface area contributed by atoms with E-state index in [9.17, 15) is 25.6 Å². The minimum absolute atomic E-state index is 0.0831. The van der Waals surface area contributed by atoms with Crippen molar-refractivity contribution in [2.45, 2.75) is 11.3 Å². The van der Waals surface area contributed by atoms with E-state index >= 15 is 0 Å². The Morgan fingerprint density at radius 3 is 2.24 bits per heavy atom. The summed E-state index contributed by atoms with van der Waals surface area (Å²) in [6.45, 7) is -0.432. The summed E-state index contributed by atoms with van der Waals surface area (Å²) in [6, 6.07) is 1.43. The molecule has 2 N–H and O–H groups in total. The van der Waals surface area contributed by atoms with E-state index in [0.29, 0.717) is 12.1 Å². The van der Waals surface area contributed by atoms with Crippen LogP contribution in [0.3, 0.4) is 0 Å². The van der Waals surface area contributed by atoms with Gasteiger partial charge in [-0.2, -0.15) is 4.31 Å². The van der Waals surface area contributed by atoms with E-state index in [2.05, 4.69) is 0 Å². The molecule has 1 aromatic rings. The van der Waals surface area contributed by atoms with Crippen molar-refractivity contribution in [2.75, 3.05) is 30.3 Å². The maximum atomic E-state index is 13.8. The summed E-state index contributed by atoms with van der Waals surface area (Å²) >= 11 is 0. The van der Waals surface area contributed by atoms with Crippen molar-refractivity contribution < 1.29 is 25.6 Å². The Balaban J connectivity index is 2.43. The van der Waals surface area contributed by atoms with Crippen LogP contribution in [-0.4, -0.2) is 45.7 Å². The van der Waals surface area contributed by atoms with Crippen LogP contribution >= 0.6 is 0 Å². The Morgan fingerprint density at radius 1 is 1.10 bits per heavy atom. The van der Waals surface area contributed by atoms with Gasteiger partial charge in [0.2, 0.25) is 10.0 Å². The van der Waals surface area contributed by atoms with Gasteiger partial charge in [-0.25, -0.2) is 25.6 Å². The molecule has 1 saturated heterocycles. The molecule has 1 aromatic carbocycles. The number of halogens is 2. The molecule has 10 heteroatoms. The standard InChI is InChI=1S/C11H14F2N2O4S2/c12-9-6-8(14)7-10(13)11(9)21(18,19)15-2-1-4-20(16,17)5-3-15/h6-7H,1-5,14H2. The van der Waals surface area contributed by atoms with Gasteiger partial charge in [0.1, 0.15) is 11.6 Å². The summed E-state index contributed by atoms with van der Waals surface area (Å²) < 4.78 is 75.9. The summed E-state index contributed by atoms with van der Waals surface area (Å²) in [6.07, 6.45) is 0.0831. The molecule has 0 unspecified atom stereocenters. The summed E-state index contributed by atoms with van der Waals surface area (Å²) in [5, 5.41) is 0. The minimum atomic E-state index is -4.45. The van der Waals surface area contributed by atoms with Gasteiger partial charge in [0.05, 0.1) is 11.5 Å². The highest BCUT2D eigenvalue weighted by molar-refractivity contribution is 7.91. The first-order valence-electron chi connectivity index (χ1n) is 6.08. The van der Waals surface area contributed by atoms with Gasteiger partial charge in [0.15, 0.2) is 14.7 Å². The molecule has 1 aliphatic rings. The van der Waals surface area contributed by atoms with Gasteiger partial charge < -0.3 is 5.73 Å². The van der Waals surface area contributed by atoms with Crippen LogP contribution in [0, 0.1) is 11.6 Å². The molecule has 0 amide bonds. The topological polar surface area (TPSA) is 97.5 Å². The molecule has 21 heavy (non-hydrogen) atoms. The van der Waals surface area contributed by atoms with E-state index in [1.165, 1.54) is 0 Å². The molecular weight excluding hydrogens is 326 g/mol. The molecule has 1 aliphatic heterocycles. The molecule has 6 nitrogen and oxygen atoms in total. The van der Waals surface area contributed by atoms with Crippen LogP contribution in [0.2, 0.25) is 0 Å². The third kappa shape index (κ3) is 3.33. The highest BCUT2D eigenvalue weighted by Crippen LogP contribution is 2.26. The van der Waals surface area contributed by atoms with Crippen molar-refractivity contribution in [1.29, 1.82) is 0 Å². The predicted octanol–water partition coefficient (Wildman–Crippen LogP) is 0.356. The van der Waals surface area contributed by atoms with Crippen molar-refractivity contribution >= 4 is 25.5 Å². The molecule has 0 radical (unpaired) electrons. The highest BCUT2D eigenvalue weighted by Gasteiger charge is 2.33. The van der Waals surface area contributed by atoms with Crippen LogP contribution in [-0.2, 0) is 19.9 Å². The van der Waals surface area contributed by atoms with Crippen molar-refractivity contribution in [3.8, 4) is 0 Å². The van der Waals surface area contributed by atoms with Crippen molar-refractivity contribution in [1.82, 2.24) is 4.31 Å². The van der Waals surface area contributed by atoms with Crippen molar-refractivity contribution in [3.63, 3.8) is 0 Å². The lowest BCUT2D eigenvalue weighted by atomic mass is 10.3. The Labute approximate surface area is 121 Å². The fraction of sp³-hybridized carbons (Fsp3) is 0.455. The lowest BCUT2D eigenvalue weighted by Gasteiger charge is -2.20. The Kier molecular flexibility index (Phi) is 4.22. The zero-order valence-corrected chi connectivity index (χ0v) is 12.6. The van der Waals surface area contributed by atoms with Crippen LogP contribution < -0.4 is 5.73 Å². The van der Waals surface area contributed by atoms with Gasteiger partial charge in [-0.3, -0.25) is 0 Å². The monoisotopic (exact) mass is 340 g/mol. The Hall–Kier alpha value is -1.26. The van der Waals surface area contributed by atoms with E-state index in [-0.39, 0.29) is 36.7 Å². The van der Waals surface area contributed by atoms with Gasteiger partial charge in [-0.15, -0.1) is 0 Å². The molecular formula is C11H14F2N2O4S2. The second-order valence-corrected chi connectivity index (χ2v) is 8.90. The van der Waals surface area contributed by atoms with Crippen LogP contribution in [0.5, 0.6) is 0 Å². The predicted molar refractivity (Wildman–Crippen MR) is 72.8 cm³/mol. The first kappa shape index (κ1) is 16.1. The number of hydrogen-bond donors (Lipinski definition) is 1. The minimum Gasteiger partial charge on any atom is -0.399 e.